The average Bonchev–Trinajstić information content (AvgIpc) is 2.46. The molecule has 1 unspecified atom stereocenters. The largest absolute Gasteiger partial charge is 0.494 e. The number of aliphatic hydroxyl groups is 1. The van der Waals surface area contributed by atoms with Crippen LogP contribution >= 0.6 is 0 Å². The first-order valence-corrected chi connectivity index (χ1v) is 6.81. The smallest absolute Gasteiger partial charge is 0.220 e. The van der Waals surface area contributed by atoms with Gasteiger partial charge in [0.2, 0.25) is 5.91 Å². The third kappa shape index (κ3) is 5.59. The normalized spacial score (nSPS) is 11.9. The Balaban J connectivity index is 2.48. The van der Waals surface area contributed by atoms with E-state index in [1.54, 1.807) is 0 Å². The minimum atomic E-state index is -0.352. The van der Waals surface area contributed by atoms with E-state index in [1.807, 2.05) is 31.2 Å². The van der Waals surface area contributed by atoms with Crippen LogP contribution in [0.2, 0.25) is 0 Å². The summed E-state index contributed by atoms with van der Waals surface area (Å²) in [6.07, 6.45) is 0.956. The molecule has 0 aromatic heterocycles. The zero-order valence-electron chi connectivity index (χ0n) is 12.1. The topological polar surface area (TPSA) is 67.8 Å². The van der Waals surface area contributed by atoms with Gasteiger partial charge in [0.05, 0.1) is 25.9 Å². The SMILES string of the molecule is CCOc1ccccc1CCC(=O)NC(CO)COC. The maximum atomic E-state index is 11.8. The van der Waals surface area contributed by atoms with Crippen LogP contribution in [-0.4, -0.2) is 44.0 Å². The van der Waals surface area contributed by atoms with Crippen LogP contribution in [0.5, 0.6) is 5.75 Å². The number of hydrogen-bond acceptors (Lipinski definition) is 4. The van der Waals surface area contributed by atoms with E-state index in [2.05, 4.69) is 5.32 Å². The summed E-state index contributed by atoms with van der Waals surface area (Å²) >= 11 is 0. The van der Waals surface area contributed by atoms with Gasteiger partial charge in [0, 0.05) is 13.5 Å². The van der Waals surface area contributed by atoms with Crippen molar-refractivity contribution < 1.29 is 19.4 Å². The zero-order chi connectivity index (χ0) is 14.8. The van der Waals surface area contributed by atoms with E-state index in [9.17, 15) is 4.79 Å². The second kappa shape index (κ2) is 9.34. The van der Waals surface area contributed by atoms with Crippen LogP contribution in [0.1, 0.15) is 18.9 Å². The molecule has 1 aromatic rings. The van der Waals surface area contributed by atoms with Gasteiger partial charge in [-0.2, -0.15) is 0 Å². The Kier molecular flexibility index (Phi) is 7.69. The summed E-state index contributed by atoms with van der Waals surface area (Å²) in [6.45, 7) is 2.70. The first-order chi connectivity index (χ1) is 9.71. The number of ether oxygens (including phenoxy) is 2. The summed E-state index contributed by atoms with van der Waals surface area (Å²) in [4.78, 5) is 11.8. The Morgan fingerprint density at radius 3 is 2.80 bits per heavy atom. The molecule has 1 atom stereocenters. The quantitative estimate of drug-likeness (QED) is 0.712. The van der Waals surface area contributed by atoms with Gasteiger partial charge in [-0.25, -0.2) is 0 Å². The number of para-hydroxylation sites is 1. The molecule has 20 heavy (non-hydrogen) atoms. The van der Waals surface area contributed by atoms with Gasteiger partial charge in [0.15, 0.2) is 0 Å². The number of hydrogen-bond donors (Lipinski definition) is 2. The van der Waals surface area contributed by atoms with E-state index in [0.29, 0.717) is 26.1 Å². The van der Waals surface area contributed by atoms with Crippen LogP contribution in [-0.2, 0) is 16.0 Å². The van der Waals surface area contributed by atoms with Gasteiger partial charge in [-0.3, -0.25) is 4.79 Å². The number of carbonyl (C=O) groups is 1. The lowest BCUT2D eigenvalue weighted by molar-refractivity contribution is -0.122. The van der Waals surface area contributed by atoms with Gasteiger partial charge >= 0.3 is 0 Å². The van der Waals surface area contributed by atoms with Crippen molar-refractivity contribution in [1.29, 1.82) is 0 Å². The van der Waals surface area contributed by atoms with Crippen molar-refractivity contribution in [3.63, 3.8) is 0 Å². The predicted molar refractivity (Wildman–Crippen MR) is 76.8 cm³/mol. The molecule has 1 amide bonds. The number of benzene rings is 1. The predicted octanol–water partition coefficient (Wildman–Crippen LogP) is 1.14. The third-order valence-corrected chi connectivity index (χ3v) is 2.85. The fraction of sp³-hybridized carbons (Fsp3) is 0.533. The molecule has 0 aliphatic carbocycles. The van der Waals surface area contributed by atoms with Crippen molar-refractivity contribution in [2.24, 2.45) is 0 Å². The summed E-state index contributed by atoms with van der Waals surface area (Å²) in [6, 6.07) is 7.34. The summed E-state index contributed by atoms with van der Waals surface area (Å²) in [5.41, 5.74) is 1.01. The van der Waals surface area contributed by atoms with Crippen molar-refractivity contribution in [2.45, 2.75) is 25.8 Å². The Morgan fingerprint density at radius 2 is 2.15 bits per heavy atom. The molecule has 2 N–H and O–H groups in total. The zero-order valence-corrected chi connectivity index (χ0v) is 12.1. The Morgan fingerprint density at radius 1 is 1.40 bits per heavy atom. The van der Waals surface area contributed by atoms with Crippen LogP contribution in [0.3, 0.4) is 0 Å². The van der Waals surface area contributed by atoms with E-state index < -0.39 is 0 Å². The molecular weight excluding hydrogens is 258 g/mol. The van der Waals surface area contributed by atoms with Crippen molar-refractivity contribution in [3.05, 3.63) is 29.8 Å². The van der Waals surface area contributed by atoms with Crippen molar-refractivity contribution in [3.8, 4) is 5.75 Å². The molecule has 5 heteroatoms. The number of nitrogens with one attached hydrogen (secondary N) is 1. The number of aliphatic hydroxyl groups excluding tert-OH is 1. The van der Waals surface area contributed by atoms with Crippen LogP contribution in [0, 0.1) is 0 Å². The first kappa shape index (κ1) is 16.5. The number of aryl methyl sites for hydroxylation is 1. The molecule has 0 radical (unpaired) electrons. The van der Waals surface area contributed by atoms with Crippen molar-refractivity contribution in [2.75, 3.05) is 26.9 Å². The molecule has 0 saturated heterocycles. The number of carbonyl (C=O) groups excluding carboxylic acids is 1. The van der Waals surface area contributed by atoms with Gasteiger partial charge in [-0.05, 0) is 25.0 Å². The average molecular weight is 281 g/mol. The molecule has 0 aliphatic rings. The lowest BCUT2D eigenvalue weighted by Crippen LogP contribution is -2.40. The monoisotopic (exact) mass is 281 g/mol. The highest BCUT2D eigenvalue weighted by Crippen LogP contribution is 2.19. The molecule has 0 fully saturated rings. The summed E-state index contributed by atoms with van der Waals surface area (Å²) in [5.74, 6) is 0.714. The maximum Gasteiger partial charge on any atom is 0.220 e. The molecule has 1 aromatic carbocycles. The second-order valence-corrected chi connectivity index (χ2v) is 4.44. The van der Waals surface area contributed by atoms with Crippen molar-refractivity contribution >= 4 is 5.91 Å². The fourth-order valence-electron chi connectivity index (χ4n) is 1.90. The van der Waals surface area contributed by atoms with Gasteiger partial charge < -0.3 is 19.9 Å². The van der Waals surface area contributed by atoms with E-state index in [-0.39, 0.29) is 18.6 Å². The van der Waals surface area contributed by atoms with E-state index in [4.69, 9.17) is 14.6 Å². The molecular formula is C15H23NO4. The van der Waals surface area contributed by atoms with Crippen LogP contribution in [0.15, 0.2) is 24.3 Å². The summed E-state index contributed by atoms with van der Waals surface area (Å²) < 4.78 is 10.4. The molecule has 0 aliphatic heterocycles. The first-order valence-electron chi connectivity index (χ1n) is 6.81. The second-order valence-electron chi connectivity index (χ2n) is 4.44. The lowest BCUT2D eigenvalue weighted by atomic mass is 10.1. The molecule has 0 saturated carbocycles. The Bertz CT molecular complexity index is 409. The maximum absolute atomic E-state index is 11.8. The van der Waals surface area contributed by atoms with E-state index in [0.717, 1.165) is 11.3 Å². The number of methoxy groups -OCH3 is 1. The highest BCUT2D eigenvalue weighted by atomic mass is 16.5. The van der Waals surface area contributed by atoms with Gasteiger partial charge in [0.1, 0.15) is 5.75 Å². The minimum absolute atomic E-state index is 0.104. The highest BCUT2D eigenvalue weighted by molar-refractivity contribution is 5.76. The van der Waals surface area contributed by atoms with Gasteiger partial charge in [-0.1, -0.05) is 18.2 Å². The van der Waals surface area contributed by atoms with Gasteiger partial charge in [-0.15, -0.1) is 0 Å². The third-order valence-electron chi connectivity index (χ3n) is 2.85. The van der Waals surface area contributed by atoms with Crippen LogP contribution in [0.25, 0.3) is 0 Å². The summed E-state index contributed by atoms with van der Waals surface area (Å²) in [7, 11) is 1.53. The minimum Gasteiger partial charge on any atom is -0.494 e. The highest BCUT2D eigenvalue weighted by Gasteiger charge is 2.12. The van der Waals surface area contributed by atoms with Crippen LogP contribution in [0.4, 0.5) is 0 Å². The number of amides is 1. The summed E-state index contributed by atoms with van der Waals surface area (Å²) in [5, 5.41) is 11.8. The van der Waals surface area contributed by atoms with Crippen LogP contribution < -0.4 is 10.1 Å². The molecule has 0 bridgehead atoms. The van der Waals surface area contributed by atoms with E-state index in [1.165, 1.54) is 7.11 Å². The van der Waals surface area contributed by atoms with Gasteiger partial charge in [0.25, 0.3) is 0 Å². The molecule has 1 rings (SSSR count). The fourth-order valence-corrected chi connectivity index (χ4v) is 1.90. The molecule has 5 nitrogen and oxygen atoms in total. The lowest BCUT2D eigenvalue weighted by Gasteiger charge is -2.15. The standard InChI is InChI=1S/C15H23NO4/c1-3-20-14-7-5-4-6-12(14)8-9-15(18)16-13(10-17)11-19-2/h4-7,13,17H,3,8-11H2,1-2H3,(H,16,18). The molecule has 112 valence electrons. The van der Waals surface area contributed by atoms with Crippen molar-refractivity contribution in [1.82, 2.24) is 5.32 Å². The molecule has 0 heterocycles. The Hall–Kier alpha value is -1.59. The molecule has 0 spiro atoms. The Labute approximate surface area is 119 Å². The number of rotatable bonds is 9. The van der Waals surface area contributed by atoms with E-state index >= 15 is 0 Å².